The van der Waals surface area contributed by atoms with E-state index in [2.05, 4.69) is 66.7 Å². The van der Waals surface area contributed by atoms with Gasteiger partial charge in [0.1, 0.15) is 16.7 Å². The summed E-state index contributed by atoms with van der Waals surface area (Å²) in [5.41, 5.74) is 2.19. The number of halogens is 1. The highest BCUT2D eigenvalue weighted by Gasteiger charge is 2.19. The van der Waals surface area contributed by atoms with Crippen LogP contribution in [-0.2, 0) is 13.5 Å². The third-order valence-corrected chi connectivity index (χ3v) is 4.95. The molecular weight excluding hydrogens is 350 g/mol. The van der Waals surface area contributed by atoms with Crippen molar-refractivity contribution in [3.8, 4) is 0 Å². The van der Waals surface area contributed by atoms with Gasteiger partial charge in [-0.15, -0.1) is 0 Å². The number of likely N-dealkylation sites (N-methyl/N-ethyl adjacent to an activating group) is 1. The van der Waals surface area contributed by atoms with E-state index < -0.39 is 0 Å². The first-order valence-corrected chi connectivity index (χ1v) is 8.38. The fraction of sp³-hybridized carbons (Fsp3) is 0.357. The molecule has 0 aliphatic carbocycles. The van der Waals surface area contributed by atoms with Crippen LogP contribution in [0.25, 0.3) is 11.0 Å². The number of fused-ring (bicyclic) bond motifs is 1. The Bertz CT molecular complexity index is 752. The van der Waals surface area contributed by atoms with E-state index in [1.807, 2.05) is 7.05 Å². The number of aromatic nitrogens is 4. The van der Waals surface area contributed by atoms with Gasteiger partial charge in [0.25, 0.3) is 0 Å². The molecule has 3 aromatic heterocycles. The number of hydrogen-bond donors (Lipinski definition) is 0. The van der Waals surface area contributed by atoms with Gasteiger partial charge in [0.2, 0.25) is 0 Å². The van der Waals surface area contributed by atoms with Gasteiger partial charge in [-0.3, -0.25) is 0 Å². The summed E-state index contributed by atoms with van der Waals surface area (Å²) < 4.78 is 2.55. The molecule has 0 fully saturated rings. The molecule has 0 saturated carbocycles. The zero-order valence-electron chi connectivity index (χ0n) is 12.1. The van der Waals surface area contributed by atoms with Gasteiger partial charge in [-0.1, -0.05) is 0 Å². The fourth-order valence-corrected chi connectivity index (χ4v) is 3.66. The van der Waals surface area contributed by atoms with Gasteiger partial charge in [-0.25, -0.2) is 14.6 Å². The van der Waals surface area contributed by atoms with Gasteiger partial charge in [0, 0.05) is 20.1 Å². The molecule has 0 amide bonds. The van der Waals surface area contributed by atoms with Crippen LogP contribution in [-0.4, -0.2) is 32.8 Å². The monoisotopic (exact) mass is 365 g/mol. The number of hydrogen-bond acceptors (Lipinski definition) is 5. The molecule has 0 aromatic carbocycles. The van der Waals surface area contributed by atoms with Gasteiger partial charge in [0.15, 0.2) is 5.65 Å². The second-order valence-electron chi connectivity index (χ2n) is 5.11. The lowest BCUT2D eigenvalue weighted by molar-refractivity contribution is 0.677. The molecule has 110 valence electrons. The standard InChI is InChI=1S/C14H16BrN5S/c1-9(6-10-4-5-21-7-10)19(2)13-11-12(15)18-20(3)14(11)17-8-16-13/h4-5,7-9H,6H2,1-3H3. The van der Waals surface area contributed by atoms with Gasteiger partial charge < -0.3 is 4.90 Å². The Balaban J connectivity index is 1.96. The number of thiophene rings is 1. The molecule has 3 heterocycles. The van der Waals surface area contributed by atoms with Crippen LogP contribution in [0, 0.1) is 0 Å². The number of aryl methyl sites for hydroxylation is 1. The highest BCUT2D eigenvalue weighted by molar-refractivity contribution is 9.10. The van der Waals surface area contributed by atoms with Crippen LogP contribution in [0.4, 0.5) is 5.82 Å². The first-order chi connectivity index (χ1) is 10.1. The van der Waals surface area contributed by atoms with Crippen molar-refractivity contribution in [1.82, 2.24) is 19.7 Å². The molecule has 3 rings (SSSR count). The largest absolute Gasteiger partial charge is 0.356 e. The van der Waals surface area contributed by atoms with Crippen LogP contribution in [0.2, 0.25) is 0 Å². The summed E-state index contributed by atoms with van der Waals surface area (Å²) in [6.45, 7) is 2.20. The van der Waals surface area contributed by atoms with E-state index in [0.717, 1.165) is 27.9 Å². The van der Waals surface area contributed by atoms with Crippen LogP contribution in [0.1, 0.15) is 12.5 Å². The van der Waals surface area contributed by atoms with Crippen molar-refractivity contribution in [2.24, 2.45) is 7.05 Å². The summed E-state index contributed by atoms with van der Waals surface area (Å²) in [4.78, 5) is 11.0. The van der Waals surface area contributed by atoms with Crippen molar-refractivity contribution in [3.63, 3.8) is 0 Å². The van der Waals surface area contributed by atoms with E-state index in [1.54, 1.807) is 22.3 Å². The molecule has 0 bridgehead atoms. The van der Waals surface area contributed by atoms with Crippen LogP contribution >= 0.6 is 27.3 Å². The summed E-state index contributed by atoms with van der Waals surface area (Å²) in [6.07, 6.45) is 2.59. The van der Waals surface area contributed by atoms with E-state index in [4.69, 9.17) is 0 Å². The smallest absolute Gasteiger partial charge is 0.164 e. The topological polar surface area (TPSA) is 46.8 Å². The van der Waals surface area contributed by atoms with Crippen molar-refractivity contribution in [3.05, 3.63) is 33.3 Å². The molecular formula is C14H16BrN5S. The first kappa shape index (κ1) is 14.5. The predicted molar refractivity (Wildman–Crippen MR) is 89.9 cm³/mol. The third-order valence-electron chi connectivity index (χ3n) is 3.66. The summed E-state index contributed by atoms with van der Waals surface area (Å²) in [6, 6.07) is 2.51. The van der Waals surface area contributed by atoms with Gasteiger partial charge >= 0.3 is 0 Å². The number of nitrogens with zero attached hydrogens (tertiary/aromatic N) is 5. The molecule has 1 atom stereocenters. The third kappa shape index (κ3) is 2.67. The molecule has 5 nitrogen and oxygen atoms in total. The van der Waals surface area contributed by atoms with Gasteiger partial charge in [-0.2, -0.15) is 16.4 Å². The molecule has 3 aromatic rings. The van der Waals surface area contributed by atoms with Crippen molar-refractivity contribution in [2.75, 3.05) is 11.9 Å². The Morgan fingerprint density at radius 3 is 2.95 bits per heavy atom. The Morgan fingerprint density at radius 1 is 1.43 bits per heavy atom. The van der Waals surface area contributed by atoms with Crippen molar-refractivity contribution < 1.29 is 0 Å². The molecule has 0 saturated heterocycles. The second-order valence-corrected chi connectivity index (χ2v) is 6.64. The van der Waals surface area contributed by atoms with Crippen molar-refractivity contribution >= 4 is 44.1 Å². The molecule has 1 unspecified atom stereocenters. The lowest BCUT2D eigenvalue weighted by Crippen LogP contribution is -2.31. The van der Waals surface area contributed by atoms with E-state index in [0.29, 0.717) is 6.04 Å². The predicted octanol–water partition coefficient (Wildman–Crippen LogP) is 3.25. The number of anilines is 1. The summed E-state index contributed by atoms with van der Waals surface area (Å²) in [7, 11) is 3.96. The van der Waals surface area contributed by atoms with E-state index >= 15 is 0 Å². The van der Waals surface area contributed by atoms with Crippen LogP contribution in [0.5, 0.6) is 0 Å². The van der Waals surface area contributed by atoms with Crippen LogP contribution in [0.15, 0.2) is 27.8 Å². The fourth-order valence-electron chi connectivity index (χ4n) is 2.39. The van der Waals surface area contributed by atoms with Crippen molar-refractivity contribution in [1.29, 1.82) is 0 Å². The van der Waals surface area contributed by atoms with Crippen LogP contribution < -0.4 is 4.90 Å². The molecule has 0 aliphatic rings. The zero-order chi connectivity index (χ0) is 15.0. The second kappa shape index (κ2) is 5.73. The minimum atomic E-state index is 0.338. The average molecular weight is 366 g/mol. The van der Waals surface area contributed by atoms with Crippen molar-refractivity contribution in [2.45, 2.75) is 19.4 Å². The molecule has 0 aliphatic heterocycles. The van der Waals surface area contributed by atoms with Gasteiger partial charge in [0.05, 0.1) is 5.39 Å². The summed E-state index contributed by atoms with van der Waals surface area (Å²) in [5.74, 6) is 0.905. The number of rotatable bonds is 4. The SMILES string of the molecule is CC(Cc1ccsc1)N(C)c1ncnc2c1c(Br)nn2C. The molecule has 0 N–H and O–H groups in total. The maximum absolute atomic E-state index is 4.47. The average Bonchev–Trinajstić information content (AvgIpc) is 3.07. The quantitative estimate of drug-likeness (QED) is 0.711. The highest BCUT2D eigenvalue weighted by atomic mass is 79.9. The molecule has 7 heteroatoms. The van der Waals surface area contributed by atoms with E-state index in [-0.39, 0.29) is 0 Å². The van der Waals surface area contributed by atoms with Crippen LogP contribution in [0.3, 0.4) is 0 Å². The maximum atomic E-state index is 4.47. The Labute approximate surface area is 135 Å². The maximum Gasteiger partial charge on any atom is 0.164 e. The minimum absolute atomic E-state index is 0.338. The first-order valence-electron chi connectivity index (χ1n) is 6.65. The van der Waals surface area contributed by atoms with E-state index in [9.17, 15) is 0 Å². The molecule has 0 spiro atoms. The minimum Gasteiger partial charge on any atom is -0.356 e. The molecule has 0 radical (unpaired) electrons. The Hall–Kier alpha value is -1.47. The Kier molecular flexibility index (Phi) is 3.95. The Morgan fingerprint density at radius 2 is 2.24 bits per heavy atom. The van der Waals surface area contributed by atoms with Gasteiger partial charge in [-0.05, 0) is 51.7 Å². The molecule has 21 heavy (non-hydrogen) atoms. The zero-order valence-corrected chi connectivity index (χ0v) is 14.5. The highest BCUT2D eigenvalue weighted by Crippen LogP contribution is 2.30. The summed E-state index contributed by atoms with van der Waals surface area (Å²) in [5, 5.41) is 9.64. The lowest BCUT2D eigenvalue weighted by atomic mass is 10.1. The normalized spacial score (nSPS) is 12.8. The van der Waals surface area contributed by atoms with E-state index in [1.165, 1.54) is 5.56 Å². The lowest BCUT2D eigenvalue weighted by Gasteiger charge is -2.26. The summed E-state index contributed by atoms with van der Waals surface area (Å²) >= 11 is 5.24.